The van der Waals surface area contributed by atoms with Crippen LogP contribution in [0.25, 0.3) is 0 Å². The van der Waals surface area contributed by atoms with E-state index in [0.29, 0.717) is 11.5 Å². The highest BCUT2D eigenvalue weighted by atomic mass is 19.2. The molecule has 0 spiro atoms. The first kappa shape index (κ1) is 15.1. The number of hydrogen-bond donors (Lipinski definition) is 2. The molecule has 2 N–H and O–H groups in total. The van der Waals surface area contributed by atoms with E-state index in [9.17, 15) is 8.78 Å². The van der Waals surface area contributed by atoms with Crippen LogP contribution >= 0.6 is 0 Å². The lowest BCUT2D eigenvalue weighted by Crippen LogP contribution is -2.07. The molecule has 0 saturated heterocycles. The molecule has 0 aliphatic carbocycles. The second-order valence-corrected chi connectivity index (χ2v) is 4.55. The van der Waals surface area contributed by atoms with Crippen LogP contribution in [0.4, 0.5) is 26.2 Å². The van der Waals surface area contributed by atoms with Crippen molar-refractivity contribution in [2.45, 2.75) is 26.2 Å². The fourth-order valence-corrected chi connectivity index (χ4v) is 1.74. The minimum Gasteiger partial charge on any atom is -0.369 e. The van der Waals surface area contributed by atoms with E-state index in [2.05, 4.69) is 32.7 Å². The van der Waals surface area contributed by atoms with Crippen molar-refractivity contribution in [3.8, 4) is 0 Å². The fourth-order valence-electron chi connectivity index (χ4n) is 1.74. The van der Waals surface area contributed by atoms with Crippen LogP contribution in [0, 0.1) is 11.6 Å². The van der Waals surface area contributed by atoms with E-state index in [-0.39, 0.29) is 5.95 Å². The standard InChI is InChI=1S/C14H17F2N5/c1-2-3-4-7-17-13-9-18-21-14(20-13)19-10-5-6-11(15)12(16)8-10/h5-6,8-9H,2-4,7H2,1H3,(H2,17,19,20,21). The lowest BCUT2D eigenvalue weighted by Gasteiger charge is -2.07. The molecule has 0 aliphatic heterocycles. The second-order valence-electron chi connectivity index (χ2n) is 4.55. The summed E-state index contributed by atoms with van der Waals surface area (Å²) in [5, 5.41) is 13.5. The maximum atomic E-state index is 13.1. The van der Waals surface area contributed by atoms with Gasteiger partial charge in [-0.2, -0.15) is 10.1 Å². The molecule has 112 valence electrons. The van der Waals surface area contributed by atoms with Crippen LogP contribution < -0.4 is 10.6 Å². The van der Waals surface area contributed by atoms with Crippen LogP contribution in [0.3, 0.4) is 0 Å². The Hall–Kier alpha value is -2.31. The van der Waals surface area contributed by atoms with Gasteiger partial charge in [0.2, 0.25) is 5.95 Å². The lowest BCUT2D eigenvalue weighted by atomic mass is 10.2. The van der Waals surface area contributed by atoms with Gasteiger partial charge in [-0.25, -0.2) is 8.78 Å². The summed E-state index contributed by atoms with van der Waals surface area (Å²) in [5.74, 6) is -1.01. The van der Waals surface area contributed by atoms with E-state index in [4.69, 9.17) is 0 Å². The van der Waals surface area contributed by atoms with Crippen molar-refractivity contribution in [1.29, 1.82) is 0 Å². The zero-order valence-electron chi connectivity index (χ0n) is 11.7. The second kappa shape index (κ2) is 7.47. The van der Waals surface area contributed by atoms with E-state index in [1.165, 1.54) is 12.3 Å². The average Bonchev–Trinajstić information content (AvgIpc) is 2.48. The van der Waals surface area contributed by atoms with Gasteiger partial charge in [-0.15, -0.1) is 5.10 Å². The van der Waals surface area contributed by atoms with Gasteiger partial charge in [-0.05, 0) is 18.6 Å². The average molecular weight is 293 g/mol. The zero-order chi connectivity index (χ0) is 15.1. The minimum atomic E-state index is -0.929. The molecule has 1 aromatic carbocycles. The molecule has 5 nitrogen and oxygen atoms in total. The molecule has 2 rings (SSSR count). The Bertz CT molecular complexity index is 591. The number of aromatic nitrogens is 3. The van der Waals surface area contributed by atoms with Gasteiger partial charge >= 0.3 is 0 Å². The SMILES string of the molecule is CCCCCNc1cnnc(Nc2ccc(F)c(F)c2)n1. The Morgan fingerprint density at radius 2 is 2.00 bits per heavy atom. The van der Waals surface area contributed by atoms with Gasteiger partial charge < -0.3 is 10.6 Å². The Morgan fingerprint density at radius 3 is 2.76 bits per heavy atom. The molecule has 0 saturated carbocycles. The minimum absolute atomic E-state index is 0.224. The number of benzene rings is 1. The third-order valence-corrected chi connectivity index (χ3v) is 2.82. The third kappa shape index (κ3) is 4.62. The predicted molar refractivity (Wildman–Crippen MR) is 77.5 cm³/mol. The van der Waals surface area contributed by atoms with Crippen molar-refractivity contribution >= 4 is 17.5 Å². The van der Waals surface area contributed by atoms with Gasteiger partial charge in [0.15, 0.2) is 17.5 Å². The molecule has 2 aromatic rings. The highest BCUT2D eigenvalue weighted by Gasteiger charge is 2.05. The third-order valence-electron chi connectivity index (χ3n) is 2.82. The van der Waals surface area contributed by atoms with Gasteiger partial charge in [-0.1, -0.05) is 19.8 Å². The van der Waals surface area contributed by atoms with Crippen LogP contribution in [-0.4, -0.2) is 21.7 Å². The van der Waals surface area contributed by atoms with Gasteiger partial charge in [-0.3, -0.25) is 0 Å². The van der Waals surface area contributed by atoms with Crippen molar-refractivity contribution in [2.24, 2.45) is 0 Å². The number of hydrogen-bond acceptors (Lipinski definition) is 5. The van der Waals surface area contributed by atoms with Gasteiger partial charge in [0.1, 0.15) is 0 Å². The molecule has 0 aliphatic rings. The molecule has 1 heterocycles. The predicted octanol–water partition coefficient (Wildman–Crippen LogP) is 3.50. The summed E-state index contributed by atoms with van der Waals surface area (Å²) in [5.41, 5.74) is 0.360. The molecule has 0 radical (unpaired) electrons. The Balaban J connectivity index is 1.98. The molecule has 0 fully saturated rings. The van der Waals surface area contributed by atoms with E-state index in [1.807, 2.05) is 0 Å². The quantitative estimate of drug-likeness (QED) is 0.765. The van der Waals surface area contributed by atoms with E-state index in [0.717, 1.165) is 37.9 Å². The summed E-state index contributed by atoms with van der Waals surface area (Å²) < 4.78 is 26.0. The monoisotopic (exact) mass is 293 g/mol. The number of anilines is 3. The van der Waals surface area contributed by atoms with E-state index >= 15 is 0 Å². The highest BCUT2D eigenvalue weighted by Crippen LogP contribution is 2.16. The van der Waals surface area contributed by atoms with Crippen LogP contribution in [0.5, 0.6) is 0 Å². The van der Waals surface area contributed by atoms with Gasteiger partial charge in [0.05, 0.1) is 6.20 Å². The number of nitrogens with one attached hydrogen (secondary N) is 2. The van der Waals surface area contributed by atoms with Crippen LogP contribution in [-0.2, 0) is 0 Å². The topological polar surface area (TPSA) is 62.7 Å². The Morgan fingerprint density at radius 1 is 1.14 bits per heavy atom. The van der Waals surface area contributed by atoms with E-state index in [1.54, 1.807) is 0 Å². The molecule has 7 heteroatoms. The van der Waals surface area contributed by atoms with Crippen LogP contribution in [0.2, 0.25) is 0 Å². The van der Waals surface area contributed by atoms with Crippen molar-refractivity contribution in [2.75, 3.05) is 17.2 Å². The van der Waals surface area contributed by atoms with Crippen molar-refractivity contribution in [3.63, 3.8) is 0 Å². The first-order valence-electron chi connectivity index (χ1n) is 6.84. The molecular formula is C14H17F2N5. The number of halogens is 2. The largest absolute Gasteiger partial charge is 0.369 e. The maximum absolute atomic E-state index is 13.1. The molecular weight excluding hydrogens is 276 g/mol. The normalized spacial score (nSPS) is 10.4. The van der Waals surface area contributed by atoms with Crippen molar-refractivity contribution in [1.82, 2.24) is 15.2 Å². The summed E-state index contributed by atoms with van der Waals surface area (Å²) in [4.78, 5) is 4.21. The summed E-state index contributed by atoms with van der Waals surface area (Å²) >= 11 is 0. The Labute approximate surface area is 121 Å². The summed E-state index contributed by atoms with van der Waals surface area (Å²) in [6, 6.07) is 3.49. The number of unbranched alkanes of at least 4 members (excludes halogenated alkanes) is 2. The fraction of sp³-hybridized carbons (Fsp3) is 0.357. The summed E-state index contributed by atoms with van der Waals surface area (Å²) in [6.07, 6.45) is 4.85. The summed E-state index contributed by atoms with van der Waals surface area (Å²) in [6.45, 7) is 2.94. The number of nitrogens with zero attached hydrogens (tertiary/aromatic N) is 3. The molecule has 1 aromatic heterocycles. The van der Waals surface area contributed by atoms with Gasteiger partial charge in [0.25, 0.3) is 0 Å². The molecule has 0 bridgehead atoms. The van der Waals surface area contributed by atoms with Gasteiger partial charge in [0, 0.05) is 18.3 Å². The summed E-state index contributed by atoms with van der Waals surface area (Å²) in [7, 11) is 0. The molecule has 0 atom stereocenters. The zero-order valence-corrected chi connectivity index (χ0v) is 11.7. The molecule has 0 unspecified atom stereocenters. The number of rotatable bonds is 7. The highest BCUT2D eigenvalue weighted by molar-refractivity contribution is 5.54. The van der Waals surface area contributed by atoms with Crippen molar-refractivity contribution in [3.05, 3.63) is 36.0 Å². The first-order chi connectivity index (χ1) is 10.2. The molecule has 0 amide bonds. The first-order valence-corrected chi connectivity index (χ1v) is 6.84. The van der Waals surface area contributed by atoms with Crippen LogP contribution in [0.15, 0.2) is 24.4 Å². The lowest BCUT2D eigenvalue weighted by molar-refractivity contribution is 0.509. The Kier molecular flexibility index (Phi) is 5.36. The maximum Gasteiger partial charge on any atom is 0.249 e. The van der Waals surface area contributed by atoms with Crippen LogP contribution in [0.1, 0.15) is 26.2 Å². The molecule has 21 heavy (non-hydrogen) atoms. The van der Waals surface area contributed by atoms with Crippen molar-refractivity contribution < 1.29 is 8.78 Å². The smallest absolute Gasteiger partial charge is 0.249 e. The van der Waals surface area contributed by atoms with E-state index < -0.39 is 11.6 Å².